The molecule has 0 aromatic heterocycles. The minimum atomic E-state index is -0.612. The van der Waals surface area contributed by atoms with Gasteiger partial charge in [-0.3, -0.25) is 4.79 Å². The Morgan fingerprint density at radius 3 is 2.47 bits per heavy atom. The van der Waals surface area contributed by atoms with E-state index < -0.39 is 23.6 Å². The third-order valence-corrected chi connectivity index (χ3v) is 4.36. The summed E-state index contributed by atoms with van der Waals surface area (Å²) in [5.74, 6) is -0.223. The molecule has 2 aromatic rings. The van der Waals surface area contributed by atoms with E-state index in [2.05, 4.69) is 10.6 Å². The molecule has 0 aliphatic rings. The van der Waals surface area contributed by atoms with E-state index >= 15 is 0 Å². The molecular weight excluding hydrogens is 387 g/mol. The van der Waals surface area contributed by atoms with Crippen molar-refractivity contribution in [3.8, 4) is 5.75 Å². The van der Waals surface area contributed by atoms with Gasteiger partial charge in [0.25, 0.3) is 5.91 Å². The Balaban J connectivity index is 2.17. The Labute approximate surface area is 176 Å². The lowest BCUT2D eigenvalue weighted by molar-refractivity contribution is 0.0522. The van der Waals surface area contributed by atoms with Crippen molar-refractivity contribution in [2.75, 3.05) is 7.11 Å². The van der Waals surface area contributed by atoms with Crippen LogP contribution in [0, 0.1) is 5.82 Å². The highest BCUT2D eigenvalue weighted by atomic mass is 19.1. The van der Waals surface area contributed by atoms with Gasteiger partial charge >= 0.3 is 6.09 Å². The topological polar surface area (TPSA) is 76.7 Å². The van der Waals surface area contributed by atoms with Crippen molar-refractivity contribution in [3.05, 3.63) is 65.0 Å². The first-order valence-electron chi connectivity index (χ1n) is 9.83. The van der Waals surface area contributed by atoms with Crippen LogP contribution in [-0.2, 0) is 11.3 Å². The van der Waals surface area contributed by atoms with E-state index in [-0.39, 0.29) is 12.5 Å². The molecule has 162 valence electrons. The van der Waals surface area contributed by atoms with E-state index in [1.807, 2.05) is 6.92 Å². The molecule has 1 unspecified atom stereocenters. The predicted molar refractivity (Wildman–Crippen MR) is 113 cm³/mol. The number of rotatable bonds is 7. The van der Waals surface area contributed by atoms with E-state index in [0.717, 1.165) is 0 Å². The molecule has 0 fully saturated rings. The average molecular weight is 416 g/mol. The molecule has 2 rings (SSSR count). The van der Waals surface area contributed by atoms with Crippen LogP contribution in [0.2, 0.25) is 0 Å². The summed E-state index contributed by atoms with van der Waals surface area (Å²) >= 11 is 0. The number of amides is 2. The Morgan fingerprint density at radius 2 is 1.83 bits per heavy atom. The fraction of sp³-hybridized carbons (Fsp3) is 0.391. The Bertz CT molecular complexity index is 893. The second-order valence-corrected chi connectivity index (χ2v) is 7.83. The van der Waals surface area contributed by atoms with Crippen LogP contribution in [0.4, 0.5) is 9.18 Å². The van der Waals surface area contributed by atoms with Gasteiger partial charge < -0.3 is 20.1 Å². The molecule has 0 aliphatic carbocycles. The maximum atomic E-state index is 13.8. The van der Waals surface area contributed by atoms with Crippen molar-refractivity contribution < 1.29 is 23.5 Å². The maximum Gasteiger partial charge on any atom is 0.407 e. The molecule has 0 radical (unpaired) electrons. The number of benzene rings is 2. The monoisotopic (exact) mass is 416 g/mol. The van der Waals surface area contributed by atoms with Gasteiger partial charge in [-0.25, -0.2) is 9.18 Å². The zero-order chi connectivity index (χ0) is 22.3. The fourth-order valence-electron chi connectivity index (χ4n) is 2.99. The largest absolute Gasteiger partial charge is 0.496 e. The van der Waals surface area contributed by atoms with Crippen LogP contribution in [0.15, 0.2) is 42.5 Å². The fourth-order valence-corrected chi connectivity index (χ4v) is 2.99. The van der Waals surface area contributed by atoms with Gasteiger partial charge in [-0.15, -0.1) is 0 Å². The zero-order valence-corrected chi connectivity index (χ0v) is 18.0. The number of nitrogens with one attached hydrogen (secondary N) is 2. The number of hydrogen-bond acceptors (Lipinski definition) is 4. The van der Waals surface area contributed by atoms with E-state index in [0.29, 0.717) is 28.9 Å². The van der Waals surface area contributed by atoms with Crippen LogP contribution >= 0.6 is 0 Å². The lowest BCUT2D eigenvalue weighted by Crippen LogP contribution is -2.33. The Kier molecular flexibility index (Phi) is 7.80. The minimum absolute atomic E-state index is 0.137. The second-order valence-electron chi connectivity index (χ2n) is 7.83. The first-order valence-corrected chi connectivity index (χ1v) is 9.83. The van der Waals surface area contributed by atoms with Crippen LogP contribution in [0.25, 0.3) is 0 Å². The summed E-state index contributed by atoms with van der Waals surface area (Å²) in [5.41, 5.74) is 1.02. The number of carbonyl (C=O) groups is 2. The van der Waals surface area contributed by atoms with E-state index in [9.17, 15) is 14.0 Å². The van der Waals surface area contributed by atoms with Gasteiger partial charge in [-0.05, 0) is 57.0 Å². The summed E-state index contributed by atoms with van der Waals surface area (Å²) in [6, 6.07) is 10.8. The van der Waals surface area contributed by atoms with Crippen LogP contribution in [0.5, 0.6) is 5.75 Å². The Hall–Kier alpha value is -3.09. The first kappa shape index (κ1) is 23.2. The highest BCUT2D eigenvalue weighted by Gasteiger charge is 2.21. The summed E-state index contributed by atoms with van der Waals surface area (Å²) in [6.07, 6.45) is -0.0159. The Morgan fingerprint density at radius 1 is 1.13 bits per heavy atom. The van der Waals surface area contributed by atoms with Gasteiger partial charge in [-0.1, -0.05) is 25.1 Å². The van der Waals surface area contributed by atoms with Gasteiger partial charge in [-0.2, -0.15) is 0 Å². The third kappa shape index (κ3) is 6.47. The van der Waals surface area contributed by atoms with Crippen molar-refractivity contribution in [3.63, 3.8) is 0 Å². The van der Waals surface area contributed by atoms with E-state index in [1.54, 1.807) is 45.0 Å². The number of carbonyl (C=O) groups excluding carboxylic acids is 2. The van der Waals surface area contributed by atoms with Gasteiger partial charge in [0, 0.05) is 17.7 Å². The molecule has 30 heavy (non-hydrogen) atoms. The molecule has 0 saturated carbocycles. The summed E-state index contributed by atoms with van der Waals surface area (Å²) in [7, 11) is 1.50. The van der Waals surface area contributed by atoms with Crippen molar-refractivity contribution in [2.24, 2.45) is 0 Å². The molecule has 0 bridgehead atoms. The molecule has 0 spiro atoms. The molecule has 2 N–H and O–H groups in total. The number of ether oxygens (including phenoxy) is 2. The SMILES string of the molecule is CCC(NC(=O)c1ccccc1CNC(=O)OC(C)(C)C)c1cc(F)ccc1OC. The van der Waals surface area contributed by atoms with Gasteiger partial charge in [0.1, 0.15) is 17.2 Å². The van der Waals surface area contributed by atoms with Crippen molar-refractivity contribution in [1.82, 2.24) is 10.6 Å². The summed E-state index contributed by atoms with van der Waals surface area (Å²) in [4.78, 5) is 24.9. The summed E-state index contributed by atoms with van der Waals surface area (Å²) in [5, 5.41) is 5.60. The molecule has 0 heterocycles. The normalized spacial score (nSPS) is 12.1. The van der Waals surface area contributed by atoms with Crippen LogP contribution in [0.3, 0.4) is 0 Å². The molecule has 7 heteroatoms. The van der Waals surface area contributed by atoms with Crippen molar-refractivity contribution >= 4 is 12.0 Å². The van der Waals surface area contributed by atoms with E-state index in [4.69, 9.17) is 9.47 Å². The van der Waals surface area contributed by atoms with Crippen LogP contribution in [0.1, 0.15) is 61.6 Å². The van der Waals surface area contributed by atoms with Crippen molar-refractivity contribution in [2.45, 2.75) is 52.3 Å². The summed E-state index contributed by atoms with van der Waals surface area (Å²) in [6.45, 7) is 7.36. The number of halogens is 1. The molecular formula is C23H29FN2O4. The van der Waals surface area contributed by atoms with Gasteiger partial charge in [0.2, 0.25) is 0 Å². The zero-order valence-electron chi connectivity index (χ0n) is 18.0. The molecule has 6 nitrogen and oxygen atoms in total. The molecule has 2 amide bonds. The molecule has 0 saturated heterocycles. The van der Waals surface area contributed by atoms with Crippen LogP contribution in [-0.4, -0.2) is 24.7 Å². The maximum absolute atomic E-state index is 13.8. The third-order valence-electron chi connectivity index (χ3n) is 4.36. The number of methoxy groups -OCH3 is 1. The van der Waals surface area contributed by atoms with Crippen LogP contribution < -0.4 is 15.4 Å². The first-order chi connectivity index (χ1) is 14.1. The second kappa shape index (κ2) is 10.1. The predicted octanol–water partition coefficient (Wildman–Crippen LogP) is 4.74. The smallest absolute Gasteiger partial charge is 0.407 e. The number of alkyl carbamates (subject to hydrolysis) is 1. The lowest BCUT2D eigenvalue weighted by atomic mass is 10.0. The number of hydrogen-bond donors (Lipinski definition) is 2. The van der Waals surface area contributed by atoms with E-state index in [1.165, 1.54) is 25.3 Å². The van der Waals surface area contributed by atoms with Crippen molar-refractivity contribution in [1.29, 1.82) is 0 Å². The quantitative estimate of drug-likeness (QED) is 0.684. The van der Waals surface area contributed by atoms with Gasteiger partial charge in [0.05, 0.1) is 13.2 Å². The molecule has 0 aliphatic heterocycles. The molecule has 1 atom stereocenters. The average Bonchev–Trinajstić information content (AvgIpc) is 2.69. The molecule has 2 aromatic carbocycles. The lowest BCUT2D eigenvalue weighted by Gasteiger charge is -2.21. The standard InChI is InChI=1S/C23H29FN2O4/c1-6-19(18-13-16(24)11-12-20(18)29-5)26-21(27)17-10-8-7-9-15(17)14-25-22(28)30-23(2,3)4/h7-13,19H,6,14H2,1-5H3,(H,25,28)(H,26,27). The summed E-state index contributed by atoms with van der Waals surface area (Å²) < 4.78 is 24.3. The van der Waals surface area contributed by atoms with Gasteiger partial charge in [0.15, 0.2) is 0 Å². The minimum Gasteiger partial charge on any atom is -0.496 e. The highest BCUT2D eigenvalue weighted by molar-refractivity contribution is 5.96. The highest BCUT2D eigenvalue weighted by Crippen LogP contribution is 2.28.